The third-order valence-electron chi connectivity index (χ3n) is 1.38. The minimum atomic E-state index is -1.68. The van der Waals surface area contributed by atoms with Crippen molar-refractivity contribution in [3.8, 4) is 0 Å². The molecular formula is C9H8O5. The normalized spacial score (nSPS) is 9.43. The minimum absolute atomic E-state index is 0.0276. The van der Waals surface area contributed by atoms with Crippen LogP contribution >= 0.6 is 0 Å². The first-order valence-corrected chi connectivity index (χ1v) is 3.81. The number of aliphatic carboxylic acids is 1. The summed E-state index contributed by atoms with van der Waals surface area (Å²) in [5.41, 5.74) is 0.783. The second-order valence-electron chi connectivity index (χ2n) is 2.42. The van der Waals surface area contributed by atoms with Crippen LogP contribution in [0.3, 0.4) is 0 Å². The molecule has 1 aromatic rings. The lowest BCUT2D eigenvalue weighted by molar-refractivity contribution is -0.279. The summed E-state index contributed by atoms with van der Waals surface area (Å²) in [7, 11) is 0. The fraction of sp³-hybridized carbons (Fsp3) is 0.111. The summed E-state index contributed by atoms with van der Waals surface area (Å²) in [5.74, 6) is -3.11. The summed E-state index contributed by atoms with van der Waals surface area (Å²) >= 11 is 0. The van der Waals surface area contributed by atoms with Gasteiger partial charge in [0.1, 0.15) is 6.61 Å². The molecular weight excluding hydrogens is 188 g/mol. The Kier molecular flexibility index (Phi) is 3.63. The Bertz CT molecular complexity index is 319. The van der Waals surface area contributed by atoms with E-state index in [2.05, 4.69) is 9.78 Å². The van der Waals surface area contributed by atoms with E-state index in [-0.39, 0.29) is 6.61 Å². The Morgan fingerprint density at radius 1 is 1.21 bits per heavy atom. The van der Waals surface area contributed by atoms with E-state index in [1.165, 1.54) is 0 Å². The van der Waals surface area contributed by atoms with Gasteiger partial charge < -0.3 is 5.11 Å². The lowest BCUT2D eigenvalue weighted by Gasteiger charge is -2.00. The van der Waals surface area contributed by atoms with Gasteiger partial charge in [-0.05, 0) is 5.56 Å². The van der Waals surface area contributed by atoms with Gasteiger partial charge in [0.2, 0.25) is 0 Å². The smallest absolute Gasteiger partial charge is 0.449 e. The Morgan fingerprint density at radius 3 is 2.43 bits per heavy atom. The summed E-state index contributed by atoms with van der Waals surface area (Å²) in [6.07, 6.45) is 0. The zero-order valence-corrected chi connectivity index (χ0v) is 7.17. The standard InChI is InChI=1S/C9H8O5/c10-8(11)9(12)14-13-6-7-4-2-1-3-5-7/h1-5H,6H2,(H,10,11). The van der Waals surface area contributed by atoms with E-state index in [9.17, 15) is 9.59 Å². The van der Waals surface area contributed by atoms with Crippen molar-refractivity contribution < 1.29 is 24.5 Å². The molecule has 0 heterocycles. The first-order valence-electron chi connectivity index (χ1n) is 3.81. The molecule has 74 valence electrons. The largest absolute Gasteiger partial charge is 0.473 e. The van der Waals surface area contributed by atoms with Crippen molar-refractivity contribution in [2.24, 2.45) is 0 Å². The summed E-state index contributed by atoms with van der Waals surface area (Å²) in [6.45, 7) is 0.0276. The molecule has 1 aromatic carbocycles. The molecule has 0 fully saturated rings. The summed E-state index contributed by atoms with van der Waals surface area (Å²) in [4.78, 5) is 28.8. The van der Waals surface area contributed by atoms with Crippen molar-refractivity contribution in [1.82, 2.24) is 0 Å². The molecule has 0 amide bonds. The zero-order chi connectivity index (χ0) is 10.4. The Hall–Kier alpha value is -1.88. The average molecular weight is 196 g/mol. The van der Waals surface area contributed by atoms with Gasteiger partial charge in [0.15, 0.2) is 0 Å². The highest BCUT2D eigenvalue weighted by Gasteiger charge is 2.13. The van der Waals surface area contributed by atoms with E-state index in [1.54, 1.807) is 24.3 Å². The van der Waals surface area contributed by atoms with Crippen LogP contribution in [0.4, 0.5) is 0 Å². The fourth-order valence-electron chi connectivity index (χ4n) is 0.761. The van der Waals surface area contributed by atoms with Gasteiger partial charge >= 0.3 is 11.9 Å². The highest BCUT2D eigenvalue weighted by atomic mass is 17.2. The highest BCUT2D eigenvalue weighted by Crippen LogP contribution is 2.00. The van der Waals surface area contributed by atoms with E-state index in [0.29, 0.717) is 0 Å². The van der Waals surface area contributed by atoms with Crippen molar-refractivity contribution in [1.29, 1.82) is 0 Å². The number of hydrogen-bond acceptors (Lipinski definition) is 4. The maximum Gasteiger partial charge on any atom is 0.449 e. The molecule has 0 radical (unpaired) electrons. The van der Waals surface area contributed by atoms with Crippen LogP contribution in [-0.2, 0) is 26.0 Å². The van der Waals surface area contributed by atoms with Crippen LogP contribution in [0.15, 0.2) is 30.3 Å². The van der Waals surface area contributed by atoms with E-state index in [4.69, 9.17) is 5.11 Å². The summed E-state index contributed by atoms with van der Waals surface area (Å²) in [6, 6.07) is 8.92. The number of carbonyl (C=O) groups is 2. The molecule has 0 aliphatic rings. The molecule has 0 aromatic heterocycles. The second-order valence-corrected chi connectivity index (χ2v) is 2.42. The van der Waals surface area contributed by atoms with Gasteiger partial charge in [0.05, 0.1) is 0 Å². The summed E-state index contributed by atoms with van der Waals surface area (Å²) in [5, 5.41) is 8.12. The van der Waals surface area contributed by atoms with Crippen LogP contribution in [0.5, 0.6) is 0 Å². The first-order chi connectivity index (χ1) is 6.70. The van der Waals surface area contributed by atoms with Crippen LogP contribution in [0.25, 0.3) is 0 Å². The topological polar surface area (TPSA) is 72.8 Å². The molecule has 0 unspecified atom stereocenters. The Morgan fingerprint density at radius 2 is 1.86 bits per heavy atom. The van der Waals surface area contributed by atoms with Crippen molar-refractivity contribution in [3.63, 3.8) is 0 Å². The van der Waals surface area contributed by atoms with Gasteiger partial charge in [-0.3, -0.25) is 4.89 Å². The van der Waals surface area contributed by atoms with Crippen molar-refractivity contribution in [3.05, 3.63) is 35.9 Å². The molecule has 14 heavy (non-hydrogen) atoms. The maximum absolute atomic E-state index is 10.4. The second kappa shape index (κ2) is 4.98. The molecule has 0 saturated heterocycles. The van der Waals surface area contributed by atoms with Gasteiger partial charge in [-0.25, -0.2) is 9.59 Å². The van der Waals surface area contributed by atoms with Gasteiger partial charge in [-0.1, -0.05) is 30.3 Å². The number of benzene rings is 1. The van der Waals surface area contributed by atoms with Crippen LogP contribution < -0.4 is 0 Å². The molecule has 5 nitrogen and oxygen atoms in total. The van der Waals surface area contributed by atoms with Crippen LogP contribution in [0.2, 0.25) is 0 Å². The predicted molar refractivity (Wildman–Crippen MR) is 45.0 cm³/mol. The molecule has 0 atom stereocenters. The third kappa shape index (κ3) is 3.24. The predicted octanol–water partition coefficient (Wildman–Crippen LogP) is 0.746. The van der Waals surface area contributed by atoms with Crippen molar-refractivity contribution in [2.75, 3.05) is 0 Å². The molecule has 0 aliphatic heterocycles. The molecule has 1 N–H and O–H groups in total. The molecule has 1 rings (SSSR count). The van der Waals surface area contributed by atoms with Gasteiger partial charge in [-0.15, -0.1) is 0 Å². The molecule has 0 saturated carbocycles. The van der Waals surface area contributed by atoms with Crippen LogP contribution in [0.1, 0.15) is 5.56 Å². The minimum Gasteiger partial charge on any atom is -0.473 e. The van der Waals surface area contributed by atoms with Gasteiger partial charge in [0.25, 0.3) is 0 Å². The average Bonchev–Trinajstić information content (AvgIpc) is 2.19. The monoisotopic (exact) mass is 196 g/mol. The Balaban J connectivity index is 2.29. The van der Waals surface area contributed by atoms with Crippen molar-refractivity contribution in [2.45, 2.75) is 6.61 Å². The molecule has 0 bridgehead atoms. The summed E-state index contributed by atoms with van der Waals surface area (Å²) < 4.78 is 0. The lowest BCUT2D eigenvalue weighted by atomic mass is 10.2. The Labute approximate surface area is 79.8 Å². The third-order valence-corrected chi connectivity index (χ3v) is 1.38. The maximum atomic E-state index is 10.4. The number of rotatable bonds is 3. The van der Waals surface area contributed by atoms with Crippen molar-refractivity contribution >= 4 is 11.9 Å². The van der Waals surface area contributed by atoms with E-state index < -0.39 is 11.9 Å². The van der Waals surface area contributed by atoms with Crippen LogP contribution in [0, 0.1) is 0 Å². The first kappa shape index (κ1) is 10.2. The molecule has 5 heteroatoms. The number of carboxylic acids is 1. The van der Waals surface area contributed by atoms with Crippen LogP contribution in [-0.4, -0.2) is 17.0 Å². The SMILES string of the molecule is O=C(O)C(=O)OOCc1ccccc1. The molecule has 0 spiro atoms. The number of hydrogen-bond donors (Lipinski definition) is 1. The fourth-order valence-corrected chi connectivity index (χ4v) is 0.761. The van der Waals surface area contributed by atoms with E-state index in [1.807, 2.05) is 6.07 Å². The number of carboxylic acid groups (broad SMARTS) is 1. The quantitative estimate of drug-likeness (QED) is 0.438. The van der Waals surface area contributed by atoms with Gasteiger partial charge in [0, 0.05) is 0 Å². The van der Waals surface area contributed by atoms with Gasteiger partial charge in [-0.2, -0.15) is 4.89 Å². The van der Waals surface area contributed by atoms with E-state index in [0.717, 1.165) is 5.56 Å². The number of carbonyl (C=O) groups excluding carboxylic acids is 1. The molecule has 0 aliphatic carbocycles. The highest BCUT2D eigenvalue weighted by molar-refractivity contribution is 6.28. The zero-order valence-electron chi connectivity index (χ0n) is 7.17. The van der Waals surface area contributed by atoms with E-state index >= 15 is 0 Å². The lowest BCUT2D eigenvalue weighted by Crippen LogP contribution is -2.16.